The molecular formula is C14H23N3O2. The van der Waals surface area contributed by atoms with Crippen molar-refractivity contribution in [2.24, 2.45) is 16.1 Å². The van der Waals surface area contributed by atoms with Gasteiger partial charge in [-0.25, -0.2) is 0 Å². The van der Waals surface area contributed by atoms with E-state index in [1.54, 1.807) is 6.92 Å². The first-order valence-electron chi connectivity index (χ1n) is 7.16. The van der Waals surface area contributed by atoms with Crippen molar-refractivity contribution in [2.75, 3.05) is 0 Å². The Hall–Kier alpha value is -1.23. The van der Waals surface area contributed by atoms with Gasteiger partial charge in [0.05, 0.1) is 5.54 Å². The Bertz CT molecular complexity index is 418. The number of aliphatic imine (C=N–C) groups is 1. The lowest BCUT2D eigenvalue weighted by Crippen LogP contribution is -2.60. The minimum absolute atomic E-state index is 0.200. The van der Waals surface area contributed by atoms with Crippen LogP contribution in [0.2, 0.25) is 0 Å². The minimum atomic E-state index is -0.927. The van der Waals surface area contributed by atoms with E-state index in [1.807, 2.05) is 6.92 Å². The van der Waals surface area contributed by atoms with Gasteiger partial charge in [-0.2, -0.15) is 4.99 Å². The Kier molecular flexibility index (Phi) is 3.76. The lowest BCUT2D eigenvalue weighted by Gasteiger charge is -2.35. The molecule has 5 heteroatoms. The van der Waals surface area contributed by atoms with Gasteiger partial charge in [0.2, 0.25) is 5.91 Å². The SMILES string of the molecule is CCC(C)(N)C1=NC(=O)C2(CCCCCC2)C(=O)N1. The summed E-state index contributed by atoms with van der Waals surface area (Å²) in [5, 5.41) is 2.79. The Morgan fingerprint density at radius 3 is 2.32 bits per heavy atom. The summed E-state index contributed by atoms with van der Waals surface area (Å²) < 4.78 is 0. The van der Waals surface area contributed by atoms with Crippen LogP contribution in [-0.4, -0.2) is 23.2 Å². The van der Waals surface area contributed by atoms with Crippen molar-refractivity contribution >= 4 is 17.6 Å². The van der Waals surface area contributed by atoms with E-state index in [1.165, 1.54) is 0 Å². The Balaban J connectivity index is 2.32. The van der Waals surface area contributed by atoms with Gasteiger partial charge in [-0.15, -0.1) is 0 Å². The number of carbonyl (C=O) groups excluding carboxylic acids is 2. The average Bonchev–Trinajstić information content (AvgIpc) is 2.62. The highest BCUT2D eigenvalue weighted by Gasteiger charge is 2.49. The van der Waals surface area contributed by atoms with Gasteiger partial charge in [0.25, 0.3) is 5.91 Å². The first kappa shape index (κ1) is 14.2. The van der Waals surface area contributed by atoms with Gasteiger partial charge in [-0.05, 0) is 26.2 Å². The van der Waals surface area contributed by atoms with E-state index in [0.717, 1.165) is 25.7 Å². The molecule has 0 aromatic rings. The van der Waals surface area contributed by atoms with Crippen LogP contribution >= 0.6 is 0 Å². The molecule has 2 amide bonds. The monoisotopic (exact) mass is 265 g/mol. The van der Waals surface area contributed by atoms with E-state index in [-0.39, 0.29) is 11.8 Å². The third kappa shape index (κ3) is 2.43. The van der Waals surface area contributed by atoms with Gasteiger partial charge in [0, 0.05) is 0 Å². The summed E-state index contributed by atoms with van der Waals surface area (Å²) in [4.78, 5) is 29.0. The third-order valence-electron chi connectivity index (χ3n) is 4.52. The Morgan fingerprint density at radius 1 is 1.26 bits per heavy atom. The predicted octanol–water partition coefficient (Wildman–Crippen LogP) is 1.51. The summed E-state index contributed by atoms with van der Waals surface area (Å²) in [7, 11) is 0. The molecule has 0 aromatic heterocycles. The van der Waals surface area contributed by atoms with Crippen molar-refractivity contribution in [1.82, 2.24) is 5.32 Å². The van der Waals surface area contributed by atoms with E-state index >= 15 is 0 Å². The summed E-state index contributed by atoms with van der Waals surface area (Å²) in [6.45, 7) is 3.69. The summed E-state index contributed by atoms with van der Waals surface area (Å²) in [6.07, 6.45) is 5.84. The molecule has 1 unspecified atom stereocenters. The van der Waals surface area contributed by atoms with Gasteiger partial charge in [0.15, 0.2) is 0 Å². The molecule has 5 nitrogen and oxygen atoms in total. The number of hydrogen-bond donors (Lipinski definition) is 2. The number of nitrogens with zero attached hydrogens (tertiary/aromatic N) is 1. The molecule has 3 N–H and O–H groups in total. The molecule has 2 aliphatic rings. The largest absolute Gasteiger partial charge is 0.319 e. The van der Waals surface area contributed by atoms with Crippen LogP contribution < -0.4 is 11.1 Å². The van der Waals surface area contributed by atoms with E-state index in [9.17, 15) is 9.59 Å². The molecule has 0 saturated heterocycles. The molecule has 106 valence electrons. The second-order valence-electron chi connectivity index (χ2n) is 5.99. The Labute approximate surface area is 114 Å². The number of nitrogens with two attached hydrogens (primary N) is 1. The second kappa shape index (κ2) is 5.04. The number of amides is 2. The van der Waals surface area contributed by atoms with Crippen LogP contribution in [-0.2, 0) is 9.59 Å². The van der Waals surface area contributed by atoms with Crippen LogP contribution in [0.4, 0.5) is 0 Å². The zero-order valence-corrected chi connectivity index (χ0v) is 11.8. The van der Waals surface area contributed by atoms with Crippen LogP contribution in [0.25, 0.3) is 0 Å². The fraction of sp³-hybridized carbons (Fsp3) is 0.786. The molecule has 19 heavy (non-hydrogen) atoms. The molecular weight excluding hydrogens is 242 g/mol. The standard InChI is InChI=1S/C14H23N3O2/c1-3-13(2,15)10-16-11(18)14(12(19)17-10)8-6-4-5-7-9-14/h3-9,15H2,1-2H3,(H,16,17,18,19). The summed E-state index contributed by atoms with van der Waals surface area (Å²) >= 11 is 0. The summed E-state index contributed by atoms with van der Waals surface area (Å²) in [5.74, 6) is -0.173. The maximum Gasteiger partial charge on any atom is 0.263 e. The number of rotatable bonds is 2. The average molecular weight is 265 g/mol. The third-order valence-corrected chi connectivity index (χ3v) is 4.52. The number of amidine groups is 1. The fourth-order valence-corrected chi connectivity index (χ4v) is 2.77. The second-order valence-corrected chi connectivity index (χ2v) is 5.99. The molecule has 1 aliphatic heterocycles. The molecule has 2 rings (SSSR count). The topological polar surface area (TPSA) is 84.5 Å². The zero-order chi connectivity index (χ0) is 14.1. The Morgan fingerprint density at radius 2 is 1.84 bits per heavy atom. The molecule has 1 saturated carbocycles. The molecule has 0 radical (unpaired) electrons. The molecule has 1 spiro atoms. The predicted molar refractivity (Wildman–Crippen MR) is 73.6 cm³/mol. The highest BCUT2D eigenvalue weighted by molar-refractivity contribution is 6.20. The zero-order valence-electron chi connectivity index (χ0n) is 11.8. The van der Waals surface area contributed by atoms with Crippen molar-refractivity contribution < 1.29 is 9.59 Å². The van der Waals surface area contributed by atoms with E-state index in [0.29, 0.717) is 25.1 Å². The smallest absolute Gasteiger partial charge is 0.263 e. The van der Waals surface area contributed by atoms with Crippen molar-refractivity contribution in [1.29, 1.82) is 0 Å². The molecule has 0 bridgehead atoms. The van der Waals surface area contributed by atoms with Crippen molar-refractivity contribution in [3.05, 3.63) is 0 Å². The highest BCUT2D eigenvalue weighted by Crippen LogP contribution is 2.38. The number of nitrogens with one attached hydrogen (secondary N) is 1. The van der Waals surface area contributed by atoms with Crippen LogP contribution in [0.1, 0.15) is 58.8 Å². The van der Waals surface area contributed by atoms with Gasteiger partial charge in [-0.3, -0.25) is 9.59 Å². The van der Waals surface area contributed by atoms with E-state index in [4.69, 9.17) is 5.73 Å². The van der Waals surface area contributed by atoms with E-state index in [2.05, 4.69) is 10.3 Å². The van der Waals surface area contributed by atoms with E-state index < -0.39 is 11.0 Å². The number of hydrogen-bond acceptors (Lipinski definition) is 3. The maximum absolute atomic E-state index is 12.4. The quantitative estimate of drug-likeness (QED) is 0.742. The molecule has 0 aromatic carbocycles. The van der Waals surface area contributed by atoms with Crippen LogP contribution in [0.15, 0.2) is 4.99 Å². The molecule has 1 atom stereocenters. The molecule has 1 aliphatic carbocycles. The summed E-state index contributed by atoms with van der Waals surface area (Å²) in [5.41, 5.74) is 4.39. The first-order valence-corrected chi connectivity index (χ1v) is 7.16. The summed E-state index contributed by atoms with van der Waals surface area (Å²) in [6, 6.07) is 0. The lowest BCUT2D eigenvalue weighted by atomic mass is 9.77. The lowest BCUT2D eigenvalue weighted by molar-refractivity contribution is -0.142. The maximum atomic E-state index is 12.4. The van der Waals surface area contributed by atoms with Gasteiger partial charge in [0.1, 0.15) is 11.3 Å². The van der Waals surface area contributed by atoms with Gasteiger partial charge >= 0.3 is 0 Å². The molecule has 1 fully saturated rings. The minimum Gasteiger partial charge on any atom is -0.319 e. The first-order chi connectivity index (χ1) is 8.92. The highest BCUT2D eigenvalue weighted by atomic mass is 16.2. The van der Waals surface area contributed by atoms with Crippen molar-refractivity contribution in [3.63, 3.8) is 0 Å². The van der Waals surface area contributed by atoms with Crippen molar-refractivity contribution in [3.8, 4) is 0 Å². The number of carbonyl (C=O) groups is 2. The van der Waals surface area contributed by atoms with Crippen molar-refractivity contribution in [2.45, 2.75) is 64.3 Å². The van der Waals surface area contributed by atoms with Gasteiger partial charge < -0.3 is 11.1 Å². The van der Waals surface area contributed by atoms with Crippen LogP contribution in [0.3, 0.4) is 0 Å². The normalized spacial score (nSPS) is 26.4. The fourth-order valence-electron chi connectivity index (χ4n) is 2.77. The van der Waals surface area contributed by atoms with Crippen LogP contribution in [0, 0.1) is 5.41 Å². The van der Waals surface area contributed by atoms with Gasteiger partial charge in [-0.1, -0.05) is 32.6 Å². The molecule has 1 heterocycles. The van der Waals surface area contributed by atoms with Crippen LogP contribution in [0.5, 0.6) is 0 Å².